The van der Waals surface area contributed by atoms with Crippen LogP contribution in [0.1, 0.15) is 43.5 Å². The van der Waals surface area contributed by atoms with Crippen molar-refractivity contribution in [3.05, 3.63) is 23.8 Å². The molecule has 3 rings (SSSR count). The van der Waals surface area contributed by atoms with Gasteiger partial charge in [-0.15, -0.1) is 0 Å². The highest BCUT2D eigenvalue weighted by Crippen LogP contribution is 2.30. The first-order valence-corrected chi connectivity index (χ1v) is 7.51. The Balaban J connectivity index is 1.63. The minimum atomic E-state index is 0.384. The molecule has 0 amide bonds. The predicted octanol–water partition coefficient (Wildman–Crippen LogP) is 1.89. The Bertz CT molecular complexity index is 403. The van der Waals surface area contributed by atoms with E-state index in [1.807, 2.05) is 19.3 Å². The first-order chi connectivity index (χ1) is 9.26. The Kier molecular flexibility index (Phi) is 3.80. The Morgan fingerprint density at radius 1 is 1.21 bits per heavy atom. The molecule has 0 bridgehead atoms. The molecule has 4 nitrogen and oxygen atoms in total. The van der Waals surface area contributed by atoms with E-state index in [1.165, 1.54) is 38.6 Å². The van der Waals surface area contributed by atoms with Gasteiger partial charge in [0.1, 0.15) is 0 Å². The number of aromatic nitrogens is 2. The lowest BCUT2D eigenvalue weighted by Gasteiger charge is -2.46. The van der Waals surface area contributed by atoms with Gasteiger partial charge in [0.25, 0.3) is 0 Å². The van der Waals surface area contributed by atoms with Gasteiger partial charge in [0.15, 0.2) is 0 Å². The molecule has 19 heavy (non-hydrogen) atoms. The molecule has 0 atom stereocenters. The largest absolute Gasteiger partial charge is 0.309 e. The zero-order chi connectivity index (χ0) is 13.1. The fourth-order valence-corrected chi connectivity index (χ4v) is 3.47. The third kappa shape index (κ3) is 3.12. The highest BCUT2D eigenvalue weighted by Gasteiger charge is 2.35. The van der Waals surface area contributed by atoms with E-state index in [4.69, 9.17) is 0 Å². The molecule has 1 aliphatic carbocycles. The quantitative estimate of drug-likeness (QED) is 0.881. The van der Waals surface area contributed by atoms with Crippen LogP contribution >= 0.6 is 0 Å². The van der Waals surface area contributed by atoms with Crippen LogP contribution in [0.15, 0.2) is 12.4 Å². The SMILES string of the molecule is Cc1cnc(CN2CCNC3(CCCCC3)C2)cn1. The highest BCUT2D eigenvalue weighted by molar-refractivity contribution is 5.03. The van der Waals surface area contributed by atoms with Crippen molar-refractivity contribution in [2.24, 2.45) is 0 Å². The molecule has 4 heteroatoms. The number of hydrogen-bond donors (Lipinski definition) is 1. The van der Waals surface area contributed by atoms with E-state index >= 15 is 0 Å². The summed E-state index contributed by atoms with van der Waals surface area (Å²) in [5, 5.41) is 3.78. The van der Waals surface area contributed by atoms with Crippen molar-refractivity contribution >= 4 is 0 Å². The summed E-state index contributed by atoms with van der Waals surface area (Å²) in [5.74, 6) is 0. The van der Waals surface area contributed by atoms with Crippen molar-refractivity contribution in [1.82, 2.24) is 20.2 Å². The van der Waals surface area contributed by atoms with Crippen LogP contribution in [0, 0.1) is 6.92 Å². The topological polar surface area (TPSA) is 41.1 Å². The molecule has 0 aromatic carbocycles. The smallest absolute Gasteiger partial charge is 0.0727 e. The second-order valence-corrected chi connectivity index (χ2v) is 6.13. The Morgan fingerprint density at radius 3 is 2.79 bits per heavy atom. The molecule has 0 radical (unpaired) electrons. The number of nitrogens with zero attached hydrogens (tertiary/aromatic N) is 3. The first kappa shape index (κ1) is 13.0. The lowest BCUT2D eigenvalue weighted by Crippen LogP contribution is -2.60. The predicted molar refractivity (Wildman–Crippen MR) is 75.9 cm³/mol. The van der Waals surface area contributed by atoms with Crippen molar-refractivity contribution < 1.29 is 0 Å². The number of hydrogen-bond acceptors (Lipinski definition) is 4. The third-order valence-electron chi connectivity index (χ3n) is 4.48. The second-order valence-electron chi connectivity index (χ2n) is 6.13. The summed E-state index contributed by atoms with van der Waals surface area (Å²) in [4.78, 5) is 11.4. The van der Waals surface area contributed by atoms with Crippen LogP contribution in [0.5, 0.6) is 0 Å². The summed E-state index contributed by atoms with van der Waals surface area (Å²) in [6.45, 7) is 6.33. The van der Waals surface area contributed by atoms with Crippen LogP contribution in [0.4, 0.5) is 0 Å². The molecule has 2 heterocycles. The molecule has 1 saturated heterocycles. The lowest BCUT2D eigenvalue weighted by atomic mass is 9.80. The van der Waals surface area contributed by atoms with Gasteiger partial charge in [-0.2, -0.15) is 0 Å². The van der Waals surface area contributed by atoms with Gasteiger partial charge in [0.05, 0.1) is 11.4 Å². The average molecular weight is 260 g/mol. The van der Waals surface area contributed by atoms with Crippen LogP contribution in [0.3, 0.4) is 0 Å². The first-order valence-electron chi connectivity index (χ1n) is 7.51. The van der Waals surface area contributed by atoms with Crippen LogP contribution in [-0.4, -0.2) is 40.0 Å². The Morgan fingerprint density at radius 2 is 2.05 bits per heavy atom. The molecule has 2 fully saturated rings. The second kappa shape index (κ2) is 5.55. The number of rotatable bonds is 2. The van der Waals surface area contributed by atoms with Gasteiger partial charge in [-0.05, 0) is 19.8 Å². The van der Waals surface area contributed by atoms with Gasteiger partial charge in [-0.3, -0.25) is 14.9 Å². The van der Waals surface area contributed by atoms with E-state index in [2.05, 4.69) is 20.2 Å². The van der Waals surface area contributed by atoms with Crippen molar-refractivity contribution in [1.29, 1.82) is 0 Å². The Hall–Kier alpha value is -1.00. The molecule has 1 spiro atoms. The van der Waals surface area contributed by atoms with Gasteiger partial charge in [0, 0.05) is 44.1 Å². The number of piperazine rings is 1. The van der Waals surface area contributed by atoms with Crippen LogP contribution in [0.25, 0.3) is 0 Å². The van der Waals surface area contributed by atoms with Crippen molar-refractivity contribution in [3.63, 3.8) is 0 Å². The number of aryl methyl sites for hydroxylation is 1. The summed E-state index contributed by atoms with van der Waals surface area (Å²) in [6.07, 6.45) is 10.6. The van der Waals surface area contributed by atoms with Crippen LogP contribution < -0.4 is 5.32 Å². The van der Waals surface area contributed by atoms with Crippen LogP contribution in [-0.2, 0) is 6.54 Å². The maximum Gasteiger partial charge on any atom is 0.0727 e. The Labute approximate surface area is 115 Å². The number of nitrogens with one attached hydrogen (secondary N) is 1. The molecule has 0 unspecified atom stereocenters. The van der Waals surface area contributed by atoms with Gasteiger partial charge < -0.3 is 5.32 Å². The van der Waals surface area contributed by atoms with Crippen molar-refractivity contribution in [3.8, 4) is 0 Å². The maximum atomic E-state index is 4.48. The van der Waals surface area contributed by atoms with E-state index in [0.29, 0.717) is 5.54 Å². The van der Waals surface area contributed by atoms with Gasteiger partial charge in [-0.25, -0.2) is 0 Å². The van der Waals surface area contributed by atoms with E-state index in [0.717, 1.165) is 31.0 Å². The molecule has 104 valence electrons. The third-order valence-corrected chi connectivity index (χ3v) is 4.48. The fraction of sp³-hybridized carbons (Fsp3) is 0.733. The molecule has 1 aromatic heterocycles. The fourth-order valence-electron chi connectivity index (χ4n) is 3.47. The van der Waals surface area contributed by atoms with Gasteiger partial charge in [-0.1, -0.05) is 19.3 Å². The zero-order valence-electron chi connectivity index (χ0n) is 11.9. The molecular formula is C15H24N4. The standard InChI is InChI=1S/C15H24N4/c1-13-9-17-14(10-16-13)11-19-8-7-18-15(12-19)5-3-2-4-6-15/h9-10,18H,2-8,11-12H2,1H3. The summed E-state index contributed by atoms with van der Waals surface area (Å²) < 4.78 is 0. The molecule has 1 N–H and O–H groups in total. The zero-order valence-corrected chi connectivity index (χ0v) is 11.9. The minimum Gasteiger partial charge on any atom is -0.309 e. The summed E-state index contributed by atoms with van der Waals surface area (Å²) in [7, 11) is 0. The van der Waals surface area contributed by atoms with Gasteiger partial charge >= 0.3 is 0 Å². The van der Waals surface area contributed by atoms with Gasteiger partial charge in [0.2, 0.25) is 0 Å². The lowest BCUT2D eigenvalue weighted by molar-refractivity contribution is 0.0935. The van der Waals surface area contributed by atoms with Crippen molar-refractivity contribution in [2.75, 3.05) is 19.6 Å². The molecule has 1 saturated carbocycles. The average Bonchev–Trinajstić information content (AvgIpc) is 2.42. The van der Waals surface area contributed by atoms with Crippen molar-refractivity contribution in [2.45, 2.75) is 51.1 Å². The van der Waals surface area contributed by atoms with Crippen LogP contribution in [0.2, 0.25) is 0 Å². The highest BCUT2D eigenvalue weighted by atomic mass is 15.2. The maximum absolute atomic E-state index is 4.48. The molecule has 1 aromatic rings. The summed E-state index contributed by atoms with van der Waals surface area (Å²) >= 11 is 0. The minimum absolute atomic E-state index is 0.384. The molecular weight excluding hydrogens is 236 g/mol. The summed E-state index contributed by atoms with van der Waals surface area (Å²) in [5.41, 5.74) is 2.47. The molecule has 1 aliphatic heterocycles. The molecule has 2 aliphatic rings. The monoisotopic (exact) mass is 260 g/mol. The normalized spacial score (nSPS) is 23.6. The summed E-state index contributed by atoms with van der Waals surface area (Å²) in [6, 6.07) is 0. The van der Waals surface area contributed by atoms with E-state index in [1.54, 1.807) is 0 Å². The van der Waals surface area contributed by atoms with E-state index < -0.39 is 0 Å². The van der Waals surface area contributed by atoms with E-state index in [-0.39, 0.29) is 0 Å². The van der Waals surface area contributed by atoms with E-state index in [9.17, 15) is 0 Å².